The molecule has 0 N–H and O–H groups in total. The Hall–Kier alpha value is -2.39. The maximum Gasteiger partial charge on any atom is 0.137 e. The van der Waals surface area contributed by atoms with Crippen LogP contribution in [0.1, 0.15) is 0 Å². The molecule has 0 aliphatic carbocycles. The highest BCUT2D eigenvalue weighted by Gasteiger charge is 2.18. The number of fused-ring (bicyclic) bond motifs is 1. The van der Waals surface area contributed by atoms with Gasteiger partial charge in [-0.05, 0) is 17.7 Å². The molecule has 0 spiro atoms. The smallest absolute Gasteiger partial charge is 0.137 e. The molecule has 2 aromatic carbocycles. The van der Waals surface area contributed by atoms with Crippen molar-refractivity contribution >= 4 is 16.7 Å². The van der Waals surface area contributed by atoms with Crippen molar-refractivity contribution in [1.82, 2.24) is 4.98 Å². The first kappa shape index (κ1) is 13.3. The number of benzene rings is 2. The van der Waals surface area contributed by atoms with Gasteiger partial charge >= 0.3 is 0 Å². The molecule has 3 heteroatoms. The second kappa shape index (κ2) is 5.78. The summed E-state index contributed by atoms with van der Waals surface area (Å²) in [6, 6.07) is 21.1. The van der Waals surface area contributed by atoms with Crippen molar-refractivity contribution in [2.24, 2.45) is 0 Å². The molecule has 0 bridgehead atoms. The van der Waals surface area contributed by atoms with Gasteiger partial charge in [0.05, 0.1) is 18.7 Å². The molecule has 0 radical (unpaired) electrons. The molecule has 3 nitrogen and oxygen atoms in total. The minimum atomic E-state index is 0.767. The number of aromatic nitrogens is 1. The summed E-state index contributed by atoms with van der Waals surface area (Å²) in [4.78, 5) is 7.28. The van der Waals surface area contributed by atoms with E-state index in [9.17, 15) is 0 Å². The fraction of sp³-hybridized carbons (Fsp3) is 0.211. The average Bonchev–Trinajstić information content (AvgIpc) is 2.62. The molecular formula is C19H18N2O. The van der Waals surface area contributed by atoms with Gasteiger partial charge in [-0.2, -0.15) is 0 Å². The minimum absolute atomic E-state index is 0.767. The third-order valence-corrected chi connectivity index (χ3v) is 4.10. The number of hydrogen-bond acceptors (Lipinski definition) is 3. The fourth-order valence-electron chi connectivity index (χ4n) is 2.95. The molecule has 1 aliphatic heterocycles. The first-order valence-electron chi connectivity index (χ1n) is 7.70. The third-order valence-electron chi connectivity index (χ3n) is 4.10. The van der Waals surface area contributed by atoms with Crippen LogP contribution in [0.15, 0.2) is 60.7 Å². The second-order valence-corrected chi connectivity index (χ2v) is 5.52. The molecule has 0 unspecified atom stereocenters. The normalized spacial score (nSPS) is 15.2. The number of hydrogen-bond donors (Lipinski definition) is 0. The van der Waals surface area contributed by atoms with Gasteiger partial charge in [0.1, 0.15) is 5.82 Å². The Morgan fingerprint density at radius 1 is 0.864 bits per heavy atom. The third kappa shape index (κ3) is 2.44. The first-order valence-corrected chi connectivity index (χ1v) is 7.70. The molecule has 4 rings (SSSR count). The van der Waals surface area contributed by atoms with E-state index in [1.54, 1.807) is 0 Å². The van der Waals surface area contributed by atoms with Crippen molar-refractivity contribution in [3.8, 4) is 11.1 Å². The van der Waals surface area contributed by atoms with E-state index >= 15 is 0 Å². The lowest BCUT2D eigenvalue weighted by Gasteiger charge is -2.30. The molecule has 1 saturated heterocycles. The van der Waals surface area contributed by atoms with Crippen molar-refractivity contribution in [2.75, 3.05) is 31.2 Å². The zero-order valence-corrected chi connectivity index (χ0v) is 12.4. The summed E-state index contributed by atoms with van der Waals surface area (Å²) in [6.45, 7) is 3.32. The maximum absolute atomic E-state index is 5.48. The van der Waals surface area contributed by atoms with Crippen LogP contribution in [0.3, 0.4) is 0 Å². The van der Waals surface area contributed by atoms with Crippen LogP contribution in [0, 0.1) is 0 Å². The van der Waals surface area contributed by atoms with E-state index in [0.717, 1.165) is 37.6 Å². The van der Waals surface area contributed by atoms with E-state index < -0.39 is 0 Å². The van der Waals surface area contributed by atoms with Crippen LogP contribution in [0.2, 0.25) is 0 Å². The summed E-state index contributed by atoms with van der Waals surface area (Å²) >= 11 is 0. The summed E-state index contributed by atoms with van der Waals surface area (Å²) in [5.74, 6) is 1.06. The summed E-state index contributed by atoms with van der Waals surface area (Å²) < 4.78 is 5.48. The van der Waals surface area contributed by atoms with Crippen molar-refractivity contribution in [2.45, 2.75) is 0 Å². The molecule has 22 heavy (non-hydrogen) atoms. The van der Waals surface area contributed by atoms with E-state index in [1.807, 2.05) is 12.1 Å². The standard InChI is InChI=1S/C19H18N2O/c1-2-6-15(7-3-1)17-14-16-8-4-5-9-18(16)20-19(17)21-10-12-22-13-11-21/h1-9,14H,10-13H2. The number of nitrogens with zero attached hydrogens (tertiary/aromatic N) is 2. The van der Waals surface area contributed by atoms with Crippen LogP contribution in [0.4, 0.5) is 5.82 Å². The zero-order chi connectivity index (χ0) is 14.8. The maximum atomic E-state index is 5.48. The van der Waals surface area contributed by atoms with Gasteiger partial charge in [0, 0.05) is 24.0 Å². The molecule has 1 aliphatic rings. The molecule has 0 amide bonds. The lowest BCUT2D eigenvalue weighted by atomic mass is 10.0. The Labute approximate surface area is 130 Å². The van der Waals surface area contributed by atoms with Crippen LogP contribution in [-0.2, 0) is 4.74 Å². The lowest BCUT2D eigenvalue weighted by Crippen LogP contribution is -2.37. The highest BCUT2D eigenvalue weighted by molar-refractivity contribution is 5.89. The van der Waals surface area contributed by atoms with Gasteiger partial charge < -0.3 is 9.64 Å². The molecule has 0 saturated carbocycles. The SMILES string of the molecule is c1ccc(-c2cc3ccccc3nc2N2CCOCC2)cc1. The van der Waals surface area contributed by atoms with Crippen LogP contribution >= 0.6 is 0 Å². The number of pyridine rings is 1. The van der Waals surface area contributed by atoms with Crippen LogP contribution in [-0.4, -0.2) is 31.3 Å². The number of ether oxygens (including phenoxy) is 1. The zero-order valence-electron chi connectivity index (χ0n) is 12.4. The van der Waals surface area contributed by atoms with E-state index in [2.05, 4.69) is 53.4 Å². The average molecular weight is 290 g/mol. The van der Waals surface area contributed by atoms with Crippen molar-refractivity contribution in [3.05, 3.63) is 60.7 Å². The summed E-state index contributed by atoms with van der Waals surface area (Å²) in [5, 5.41) is 1.18. The van der Waals surface area contributed by atoms with E-state index in [4.69, 9.17) is 9.72 Å². The summed E-state index contributed by atoms with van der Waals surface area (Å²) in [5.41, 5.74) is 3.45. The quantitative estimate of drug-likeness (QED) is 0.719. The fourth-order valence-corrected chi connectivity index (χ4v) is 2.95. The largest absolute Gasteiger partial charge is 0.378 e. The van der Waals surface area contributed by atoms with Gasteiger partial charge in [-0.1, -0.05) is 48.5 Å². The number of anilines is 1. The molecule has 3 aromatic rings. The Balaban J connectivity index is 1.91. The Morgan fingerprint density at radius 2 is 1.59 bits per heavy atom. The van der Waals surface area contributed by atoms with Gasteiger partial charge in [-0.15, -0.1) is 0 Å². The Kier molecular flexibility index (Phi) is 3.49. The van der Waals surface area contributed by atoms with Gasteiger partial charge in [-0.25, -0.2) is 4.98 Å². The molecular weight excluding hydrogens is 272 g/mol. The predicted molar refractivity (Wildman–Crippen MR) is 90.2 cm³/mol. The van der Waals surface area contributed by atoms with Crippen molar-refractivity contribution in [1.29, 1.82) is 0 Å². The molecule has 1 aromatic heterocycles. The van der Waals surface area contributed by atoms with Crippen LogP contribution in [0.25, 0.3) is 22.0 Å². The van der Waals surface area contributed by atoms with Crippen molar-refractivity contribution < 1.29 is 4.74 Å². The minimum Gasteiger partial charge on any atom is -0.378 e. The summed E-state index contributed by atoms with van der Waals surface area (Å²) in [6.07, 6.45) is 0. The molecule has 1 fully saturated rings. The van der Waals surface area contributed by atoms with Crippen LogP contribution in [0.5, 0.6) is 0 Å². The van der Waals surface area contributed by atoms with Crippen molar-refractivity contribution in [3.63, 3.8) is 0 Å². The van der Waals surface area contributed by atoms with Gasteiger partial charge in [0.15, 0.2) is 0 Å². The highest BCUT2D eigenvalue weighted by atomic mass is 16.5. The van der Waals surface area contributed by atoms with E-state index in [-0.39, 0.29) is 0 Å². The molecule has 110 valence electrons. The topological polar surface area (TPSA) is 25.4 Å². The number of rotatable bonds is 2. The van der Waals surface area contributed by atoms with E-state index in [1.165, 1.54) is 16.5 Å². The second-order valence-electron chi connectivity index (χ2n) is 5.52. The van der Waals surface area contributed by atoms with Gasteiger partial charge in [-0.3, -0.25) is 0 Å². The number of morpholine rings is 1. The monoisotopic (exact) mass is 290 g/mol. The Morgan fingerprint density at radius 3 is 2.41 bits per heavy atom. The number of para-hydroxylation sites is 1. The highest BCUT2D eigenvalue weighted by Crippen LogP contribution is 2.32. The lowest BCUT2D eigenvalue weighted by molar-refractivity contribution is 0.122. The van der Waals surface area contributed by atoms with Gasteiger partial charge in [0.25, 0.3) is 0 Å². The molecule has 2 heterocycles. The first-order chi connectivity index (χ1) is 10.9. The molecule has 0 atom stereocenters. The summed E-state index contributed by atoms with van der Waals surface area (Å²) in [7, 11) is 0. The Bertz CT molecular complexity index is 780. The predicted octanol–water partition coefficient (Wildman–Crippen LogP) is 3.74. The van der Waals surface area contributed by atoms with Crippen LogP contribution < -0.4 is 4.90 Å². The van der Waals surface area contributed by atoms with Gasteiger partial charge in [0.2, 0.25) is 0 Å². The van der Waals surface area contributed by atoms with E-state index in [0.29, 0.717) is 0 Å².